The summed E-state index contributed by atoms with van der Waals surface area (Å²) in [4.78, 5) is 12.4. The second-order valence-corrected chi connectivity index (χ2v) is 9.78. The van der Waals surface area contributed by atoms with Crippen LogP contribution in [0.2, 0.25) is 5.02 Å². The number of halogens is 1. The quantitative estimate of drug-likeness (QED) is 0.821. The zero-order chi connectivity index (χ0) is 19.5. The van der Waals surface area contributed by atoms with Gasteiger partial charge >= 0.3 is 0 Å². The number of ether oxygens (including phenoxy) is 1. The van der Waals surface area contributed by atoms with Crippen molar-refractivity contribution in [2.24, 2.45) is 5.92 Å². The lowest BCUT2D eigenvalue weighted by Gasteiger charge is -2.32. The predicted octanol–water partition coefficient (Wildman–Crippen LogP) is 3.05. The molecule has 0 bridgehead atoms. The topological polar surface area (TPSA) is 75.7 Å². The average molecular weight is 403 g/mol. The second-order valence-electron chi connectivity index (χ2n) is 7.44. The lowest BCUT2D eigenvalue weighted by molar-refractivity contribution is -0.127. The number of sulfonamides is 1. The number of hydrogen-bond acceptors (Lipinski definition) is 4. The fourth-order valence-electron chi connectivity index (χ4n) is 2.93. The van der Waals surface area contributed by atoms with Gasteiger partial charge in [-0.15, -0.1) is 0 Å². The fraction of sp³-hybridized carbons (Fsp3) is 0.611. The lowest BCUT2D eigenvalue weighted by atomic mass is 9.96. The molecule has 0 aliphatic carbocycles. The predicted molar refractivity (Wildman–Crippen MR) is 102 cm³/mol. The van der Waals surface area contributed by atoms with E-state index in [1.165, 1.54) is 10.4 Å². The maximum Gasteiger partial charge on any atom is 0.246 e. The Balaban J connectivity index is 2.13. The molecule has 6 nitrogen and oxygen atoms in total. The molecule has 0 aromatic heterocycles. The van der Waals surface area contributed by atoms with Gasteiger partial charge in [0.05, 0.1) is 6.61 Å². The first-order chi connectivity index (χ1) is 12.0. The Morgan fingerprint density at radius 2 is 1.92 bits per heavy atom. The van der Waals surface area contributed by atoms with E-state index in [1.54, 1.807) is 19.1 Å². The second kappa shape index (κ2) is 8.15. The molecule has 1 heterocycles. The number of amides is 1. The van der Waals surface area contributed by atoms with Gasteiger partial charge in [-0.3, -0.25) is 4.79 Å². The molecule has 1 aromatic carbocycles. The molecule has 1 aliphatic heterocycles. The van der Waals surface area contributed by atoms with E-state index in [0.717, 1.165) is 0 Å². The molecule has 26 heavy (non-hydrogen) atoms. The van der Waals surface area contributed by atoms with Gasteiger partial charge in [-0.1, -0.05) is 11.6 Å². The van der Waals surface area contributed by atoms with Gasteiger partial charge < -0.3 is 10.1 Å². The molecule has 1 amide bonds. The molecule has 1 N–H and O–H groups in total. The molecular formula is C18H27ClN2O4S. The number of rotatable bonds is 5. The van der Waals surface area contributed by atoms with Gasteiger partial charge in [-0.25, -0.2) is 8.42 Å². The molecule has 1 aliphatic rings. The van der Waals surface area contributed by atoms with Crippen molar-refractivity contribution in [3.8, 4) is 5.75 Å². The molecule has 0 radical (unpaired) electrons. The van der Waals surface area contributed by atoms with Crippen molar-refractivity contribution in [3.05, 3.63) is 23.2 Å². The van der Waals surface area contributed by atoms with Crippen molar-refractivity contribution < 1.29 is 17.9 Å². The number of hydrogen-bond donors (Lipinski definition) is 1. The summed E-state index contributed by atoms with van der Waals surface area (Å²) in [6.07, 6.45) is 0.983. The van der Waals surface area contributed by atoms with E-state index in [4.69, 9.17) is 16.3 Å². The molecule has 1 fully saturated rings. The first-order valence-corrected chi connectivity index (χ1v) is 10.6. The van der Waals surface area contributed by atoms with Crippen molar-refractivity contribution >= 4 is 27.5 Å². The zero-order valence-corrected chi connectivity index (χ0v) is 17.3. The Bertz CT molecular complexity index is 751. The normalized spacial score (nSPS) is 17.1. The molecule has 146 valence electrons. The summed E-state index contributed by atoms with van der Waals surface area (Å²) in [7, 11) is -3.73. The SMILES string of the molecule is CCOc1ccc(Cl)cc1S(=O)(=O)N1CCC(C(=O)NC(C)(C)C)CC1. The summed E-state index contributed by atoms with van der Waals surface area (Å²) in [5, 5.41) is 3.30. The number of benzene rings is 1. The van der Waals surface area contributed by atoms with E-state index >= 15 is 0 Å². The highest BCUT2D eigenvalue weighted by atomic mass is 35.5. The van der Waals surface area contributed by atoms with Crippen LogP contribution in [0.5, 0.6) is 5.75 Å². The van der Waals surface area contributed by atoms with Crippen molar-refractivity contribution in [1.29, 1.82) is 0 Å². The van der Waals surface area contributed by atoms with Crippen LogP contribution in [0.4, 0.5) is 0 Å². The molecule has 0 unspecified atom stereocenters. The minimum absolute atomic E-state index is 0.0210. The van der Waals surface area contributed by atoms with Gasteiger partial charge in [-0.05, 0) is 58.7 Å². The first kappa shape index (κ1) is 21.0. The Morgan fingerprint density at radius 1 is 1.31 bits per heavy atom. The molecule has 1 saturated heterocycles. The molecule has 0 saturated carbocycles. The van der Waals surface area contributed by atoms with Crippen LogP contribution in [0.3, 0.4) is 0 Å². The number of piperidine rings is 1. The number of nitrogens with one attached hydrogen (secondary N) is 1. The first-order valence-electron chi connectivity index (χ1n) is 8.79. The summed E-state index contributed by atoms with van der Waals surface area (Å²) in [5.41, 5.74) is -0.298. The van der Waals surface area contributed by atoms with Gasteiger partial charge in [0.1, 0.15) is 10.6 Å². The molecule has 0 spiro atoms. The molecule has 8 heteroatoms. The maximum atomic E-state index is 13.0. The van der Waals surface area contributed by atoms with E-state index in [9.17, 15) is 13.2 Å². The van der Waals surface area contributed by atoms with Gasteiger partial charge in [0.25, 0.3) is 0 Å². The fourth-order valence-corrected chi connectivity index (χ4v) is 4.79. The highest BCUT2D eigenvalue weighted by molar-refractivity contribution is 7.89. The van der Waals surface area contributed by atoms with Crippen molar-refractivity contribution in [2.75, 3.05) is 19.7 Å². The highest BCUT2D eigenvalue weighted by Gasteiger charge is 2.34. The van der Waals surface area contributed by atoms with E-state index < -0.39 is 10.0 Å². The number of carbonyl (C=O) groups excluding carboxylic acids is 1. The third-order valence-electron chi connectivity index (χ3n) is 4.15. The Labute approximate surface area is 160 Å². The monoisotopic (exact) mass is 402 g/mol. The smallest absolute Gasteiger partial charge is 0.246 e. The van der Waals surface area contributed by atoms with Gasteiger partial charge in [0.2, 0.25) is 15.9 Å². The minimum atomic E-state index is -3.73. The molecule has 2 rings (SSSR count). The summed E-state index contributed by atoms with van der Waals surface area (Å²) < 4.78 is 32.9. The largest absolute Gasteiger partial charge is 0.492 e. The van der Waals surface area contributed by atoms with Crippen LogP contribution in [0.25, 0.3) is 0 Å². The van der Waals surface area contributed by atoms with E-state index in [0.29, 0.717) is 43.3 Å². The molecular weight excluding hydrogens is 376 g/mol. The van der Waals surface area contributed by atoms with Crippen molar-refractivity contribution in [1.82, 2.24) is 9.62 Å². The zero-order valence-electron chi connectivity index (χ0n) is 15.7. The molecule has 0 atom stereocenters. The maximum absolute atomic E-state index is 13.0. The van der Waals surface area contributed by atoms with Crippen molar-refractivity contribution in [2.45, 2.75) is 51.0 Å². The van der Waals surface area contributed by atoms with Gasteiger partial charge in [-0.2, -0.15) is 4.31 Å². The van der Waals surface area contributed by atoms with Crippen molar-refractivity contribution in [3.63, 3.8) is 0 Å². The average Bonchev–Trinajstić information content (AvgIpc) is 2.55. The Hall–Kier alpha value is -1.31. The van der Waals surface area contributed by atoms with E-state index in [1.807, 2.05) is 20.8 Å². The van der Waals surface area contributed by atoms with Crippen LogP contribution < -0.4 is 10.1 Å². The van der Waals surface area contributed by atoms with Crippen LogP contribution in [0.15, 0.2) is 23.1 Å². The van der Waals surface area contributed by atoms with E-state index in [2.05, 4.69) is 5.32 Å². The van der Waals surface area contributed by atoms with E-state index in [-0.39, 0.29) is 22.3 Å². The summed E-state index contributed by atoms with van der Waals surface area (Å²) in [6, 6.07) is 4.59. The van der Waals surface area contributed by atoms with Gasteiger partial charge in [0.15, 0.2) is 0 Å². The van der Waals surface area contributed by atoms with Crippen LogP contribution in [-0.4, -0.2) is 43.9 Å². The standard InChI is InChI=1S/C18H27ClN2O4S/c1-5-25-15-7-6-14(19)12-16(15)26(23,24)21-10-8-13(9-11-21)17(22)20-18(2,3)4/h6-7,12-13H,5,8-11H2,1-4H3,(H,20,22). The third-order valence-corrected chi connectivity index (χ3v) is 6.30. The van der Waals surface area contributed by atoms with Crippen LogP contribution in [0, 0.1) is 5.92 Å². The molecule has 1 aromatic rings. The Kier molecular flexibility index (Phi) is 6.58. The highest BCUT2D eigenvalue weighted by Crippen LogP contribution is 2.32. The van der Waals surface area contributed by atoms with Crippen LogP contribution >= 0.6 is 11.6 Å². The summed E-state index contributed by atoms with van der Waals surface area (Å²) in [6.45, 7) is 8.53. The van der Waals surface area contributed by atoms with Crippen LogP contribution in [0.1, 0.15) is 40.5 Å². The van der Waals surface area contributed by atoms with Crippen LogP contribution in [-0.2, 0) is 14.8 Å². The van der Waals surface area contributed by atoms with Gasteiger partial charge in [0, 0.05) is 29.6 Å². The number of nitrogens with zero attached hydrogens (tertiary/aromatic N) is 1. The Morgan fingerprint density at radius 3 is 2.46 bits per heavy atom. The summed E-state index contributed by atoms with van der Waals surface area (Å²) >= 11 is 6.00. The lowest BCUT2D eigenvalue weighted by Crippen LogP contribution is -2.47. The third kappa shape index (κ3) is 5.11. The summed E-state index contributed by atoms with van der Waals surface area (Å²) in [5.74, 6) is 0.100. The number of carbonyl (C=O) groups is 1. The minimum Gasteiger partial charge on any atom is -0.492 e.